The number of rotatable bonds is 16. The van der Waals surface area contributed by atoms with Crippen molar-refractivity contribution in [3.05, 3.63) is 161 Å². The van der Waals surface area contributed by atoms with Crippen LogP contribution in [0.4, 0.5) is 5.95 Å². The van der Waals surface area contributed by atoms with Gasteiger partial charge >= 0.3 is 0 Å². The number of imidazole rings is 1. The van der Waals surface area contributed by atoms with E-state index in [4.69, 9.17) is 5.73 Å². The molecule has 0 aliphatic carbocycles. The number of carbonyl (C=O) groups is 3. The summed E-state index contributed by atoms with van der Waals surface area (Å²) >= 11 is 1.23. The zero-order chi connectivity index (χ0) is 39.1. The highest BCUT2D eigenvalue weighted by atomic mass is 32.2. The fraction of sp³-hybridized carbons (Fsp3) is 0.167. The van der Waals surface area contributed by atoms with Gasteiger partial charge in [0.2, 0.25) is 27.6 Å². The summed E-state index contributed by atoms with van der Waals surface area (Å²) in [5.74, 6) is -1.81. The Bertz CT molecular complexity index is 2550. The molecule has 7 rings (SSSR count). The van der Waals surface area contributed by atoms with Gasteiger partial charge in [-0.2, -0.15) is 0 Å². The number of amides is 2. The summed E-state index contributed by atoms with van der Waals surface area (Å²) in [5.41, 5.74) is 10.6. The zero-order valence-electron chi connectivity index (χ0n) is 30.1. The third kappa shape index (κ3) is 9.71. The maximum atomic E-state index is 14.4. The number of fused-ring (bicyclic) bond motifs is 2. The number of Topliss-reactive ketones (excluding diaryl/α,β-unsaturated/α-hetero) is 1. The lowest BCUT2D eigenvalue weighted by molar-refractivity contribution is -0.130. The first-order valence-electron chi connectivity index (χ1n) is 17.9. The quantitative estimate of drug-likeness (QED) is 0.0835. The van der Waals surface area contributed by atoms with E-state index in [1.165, 1.54) is 11.3 Å². The second-order valence-corrected chi connectivity index (χ2v) is 16.2. The number of ketones is 1. The molecule has 14 heteroatoms. The van der Waals surface area contributed by atoms with Crippen LogP contribution >= 0.6 is 11.3 Å². The van der Waals surface area contributed by atoms with Crippen LogP contribution in [-0.2, 0) is 44.6 Å². The van der Waals surface area contributed by atoms with Crippen molar-refractivity contribution in [2.45, 2.75) is 43.1 Å². The minimum atomic E-state index is -4.01. The molecule has 0 saturated heterocycles. The maximum absolute atomic E-state index is 14.4. The lowest BCUT2D eigenvalue weighted by Crippen LogP contribution is -2.57. The number of nitrogens with one attached hydrogen (secondary N) is 4. The SMILES string of the molecule is Nc1nc2ccc(CC(NC(=O)[C@H](Cc3ccccc3)NC(=O)[C@@H](Cc3ccccc3)NS(=O)(=O)Cc3ccccc3)C(=O)c3nc4ccccc4s3)cc2[nH]1. The molecule has 0 aliphatic heterocycles. The molecule has 0 radical (unpaired) electrons. The van der Waals surface area contributed by atoms with Crippen LogP contribution in [0.15, 0.2) is 133 Å². The van der Waals surface area contributed by atoms with Crippen LogP contribution in [0, 0.1) is 0 Å². The van der Waals surface area contributed by atoms with Crippen LogP contribution in [0.3, 0.4) is 0 Å². The molecule has 6 N–H and O–H groups in total. The Balaban J connectivity index is 1.18. The number of nitrogens with two attached hydrogens (primary N) is 1. The van der Waals surface area contributed by atoms with Crippen LogP contribution in [0.5, 0.6) is 0 Å². The summed E-state index contributed by atoms with van der Waals surface area (Å²) in [6.45, 7) is 0. The van der Waals surface area contributed by atoms with E-state index in [0.29, 0.717) is 22.1 Å². The van der Waals surface area contributed by atoms with Gasteiger partial charge < -0.3 is 21.4 Å². The average Bonchev–Trinajstić information content (AvgIpc) is 3.80. The number of aromatic nitrogens is 3. The smallest absolute Gasteiger partial charge is 0.243 e. The average molecular weight is 786 g/mol. The second kappa shape index (κ2) is 17.1. The fourth-order valence-corrected chi connectivity index (χ4v) is 8.77. The number of nitrogen functional groups attached to an aromatic ring is 1. The van der Waals surface area contributed by atoms with Crippen molar-refractivity contribution in [2.24, 2.45) is 0 Å². The van der Waals surface area contributed by atoms with E-state index >= 15 is 0 Å². The van der Waals surface area contributed by atoms with Gasteiger partial charge in [0.1, 0.15) is 12.1 Å². The van der Waals surface area contributed by atoms with Crippen LogP contribution in [-0.4, -0.2) is 59.1 Å². The molecule has 0 saturated carbocycles. The van der Waals surface area contributed by atoms with Gasteiger partial charge in [0.15, 0.2) is 11.0 Å². The van der Waals surface area contributed by atoms with E-state index in [0.717, 1.165) is 21.4 Å². The zero-order valence-corrected chi connectivity index (χ0v) is 31.7. The Hall–Kier alpha value is -6.22. The molecule has 0 bridgehead atoms. The third-order valence-electron chi connectivity index (χ3n) is 9.18. The highest BCUT2D eigenvalue weighted by molar-refractivity contribution is 7.88. The molecule has 0 spiro atoms. The number of para-hydroxylation sites is 1. The lowest BCUT2D eigenvalue weighted by Gasteiger charge is -2.25. The standard InChI is InChI=1S/C42H39N7O5S2/c43-42-47-31-21-20-30(24-33(31)48-42)25-34(38(50)41-46-32-18-10-11-19-37(32)55-41)44-39(51)35(22-27-12-4-1-5-13-27)45-40(52)36(23-28-14-6-2-7-15-28)49-56(53,54)26-29-16-8-3-9-17-29/h1-21,24,34-36,49H,22-23,25-26H2,(H,44,51)(H,45,52)(H3,43,47,48)/t34?,35-,36+/m0/s1. The molecule has 2 heterocycles. The largest absolute Gasteiger partial charge is 0.369 e. The number of hydrogen-bond acceptors (Lipinski definition) is 9. The number of sulfonamides is 1. The van der Waals surface area contributed by atoms with Gasteiger partial charge in [-0.3, -0.25) is 14.4 Å². The summed E-state index contributed by atoms with van der Waals surface area (Å²) < 4.78 is 30.3. The first-order chi connectivity index (χ1) is 27.1. The van der Waals surface area contributed by atoms with Gasteiger partial charge in [-0.25, -0.2) is 23.1 Å². The van der Waals surface area contributed by atoms with Crippen LogP contribution in [0.2, 0.25) is 0 Å². The van der Waals surface area contributed by atoms with Crippen LogP contribution < -0.4 is 21.1 Å². The van der Waals surface area contributed by atoms with Gasteiger partial charge in [-0.15, -0.1) is 11.3 Å². The van der Waals surface area contributed by atoms with Crippen molar-refractivity contribution in [1.29, 1.82) is 0 Å². The van der Waals surface area contributed by atoms with Crippen LogP contribution in [0.1, 0.15) is 32.1 Å². The van der Waals surface area contributed by atoms with Crippen molar-refractivity contribution in [3.63, 3.8) is 0 Å². The molecule has 1 unspecified atom stereocenters. The number of benzene rings is 5. The molecular weight excluding hydrogens is 747 g/mol. The van der Waals surface area contributed by atoms with E-state index in [2.05, 4.69) is 30.3 Å². The van der Waals surface area contributed by atoms with Gasteiger partial charge in [-0.05, 0) is 52.9 Å². The Morgan fingerprint density at radius 1 is 0.625 bits per heavy atom. The Labute approximate surface area is 327 Å². The summed E-state index contributed by atoms with van der Waals surface area (Å²) in [6.07, 6.45) is 0.186. The Kier molecular flexibility index (Phi) is 11.6. The molecule has 56 heavy (non-hydrogen) atoms. The number of nitrogens with zero attached hydrogens (tertiary/aromatic N) is 2. The topological polar surface area (TPSA) is 189 Å². The number of anilines is 1. The molecule has 3 atom stereocenters. The predicted molar refractivity (Wildman–Crippen MR) is 218 cm³/mol. The third-order valence-corrected chi connectivity index (χ3v) is 11.6. The molecule has 0 fully saturated rings. The number of hydrogen-bond donors (Lipinski definition) is 5. The van der Waals surface area contributed by atoms with Crippen molar-refractivity contribution in [1.82, 2.24) is 30.3 Å². The number of thiazole rings is 1. The first kappa shape index (κ1) is 38.1. The van der Waals surface area contributed by atoms with E-state index in [1.807, 2.05) is 72.8 Å². The minimum absolute atomic E-state index is 0.0275. The molecule has 5 aromatic carbocycles. The predicted octanol–water partition coefficient (Wildman–Crippen LogP) is 5.12. The fourth-order valence-electron chi connectivity index (χ4n) is 6.47. The Morgan fingerprint density at radius 3 is 1.84 bits per heavy atom. The molecule has 2 aromatic heterocycles. The number of aromatic amines is 1. The van der Waals surface area contributed by atoms with Gasteiger partial charge in [0, 0.05) is 12.8 Å². The maximum Gasteiger partial charge on any atom is 0.243 e. The van der Waals surface area contributed by atoms with Gasteiger partial charge in [-0.1, -0.05) is 109 Å². The van der Waals surface area contributed by atoms with Gasteiger partial charge in [0.25, 0.3) is 0 Å². The summed E-state index contributed by atoms with van der Waals surface area (Å²) in [7, 11) is -4.01. The van der Waals surface area contributed by atoms with Crippen molar-refractivity contribution in [3.8, 4) is 0 Å². The van der Waals surface area contributed by atoms with E-state index in [9.17, 15) is 22.8 Å². The van der Waals surface area contributed by atoms with Gasteiger partial charge in [0.05, 0.1) is 33.0 Å². The van der Waals surface area contributed by atoms with E-state index in [-0.39, 0.29) is 36.0 Å². The highest BCUT2D eigenvalue weighted by Gasteiger charge is 2.32. The molecule has 12 nitrogen and oxygen atoms in total. The van der Waals surface area contributed by atoms with Crippen molar-refractivity contribution in [2.75, 3.05) is 5.73 Å². The molecule has 284 valence electrons. The van der Waals surface area contributed by atoms with Crippen molar-refractivity contribution < 1.29 is 22.8 Å². The Morgan fingerprint density at radius 2 is 1.18 bits per heavy atom. The first-order valence-corrected chi connectivity index (χ1v) is 20.4. The minimum Gasteiger partial charge on any atom is -0.369 e. The second-order valence-electron chi connectivity index (χ2n) is 13.4. The molecule has 7 aromatic rings. The number of H-pyrrole nitrogens is 1. The van der Waals surface area contributed by atoms with E-state index in [1.54, 1.807) is 60.7 Å². The molecular formula is C42H39N7O5S2. The molecule has 0 aliphatic rings. The van der Waals surface area contributed by atoms with Crippen molar-refractivity contribution >= 4 is 66.2 Å². The van der Waals surface area contributed by atoms with E-state index < -0.39 is 45.7 Å². The highest BCUT2D eigenvalue weighted by Crippen LogP contribution is 2.24. The normalized spacial score (nSPS) is 13.2. The number of carbonyl (C=O) groups excluding carboxylic acids is 3. The van der Waals surface area contributed by atoms with Crippen LogP contribution in [0.25, 0.3) is 21.3 Å². The monoisotopic (exact) mass is 785 g/mol. The lowest BCUT2D eigenvalue weighted by atomic mass is 9.99. The summed E-state index contributed by atoms with van der Waals surface area (Å²) in [5, 5.41) is 5.99. The molecule has 2 amide bonds. The summed E-state index contributed by atoms with van der Waals surface area (Å²) in [6, 6.07) is 36.1. The summed E-state index contributed by atoms with van der Waals surface area (Å²) in [4.78, 5) is 54.8.